The monoisotopic (exact) mass is 715 g/mol. The fourth-order valence-electron chi connectivity index (χ4n) is 4.59. The van der Waals surface area contributed by atoms with Crippen molar-refractivity contribution in [3.8, 4) is 0 Å². The molecular weight excluding hydrogens is 676 g/mol. The van der Waals surface area contributed by atoms with Gasteiger partial charge >= 0.3 is 19.5 Å². The summed E-state index contributed by atoms with van der Waals surface area (Å²) in [6, 6.07) is 44.1. The molecule has 1 aliphatic rings. The second-order valence-corrected chi connectivity index (χ2v) is 13.5. The molecular formula is C32H39Cl2N3OP2Ru. The van der Waals surface area contributed by atoms with Gasteiger partial charge in [-0.3, -0.25) is 0 Å². The number of nitrogens with two attached hydrogens (primary N) is 3. The molecule has 4 nitrogen and oxygen atoms in total. The summed E-state index contributed by atoms with van der Waals surface area (Å²) in [6.07, 6.45) is 2.81. The van der Waals surface area contributed by atoms with Crippen LogP contribution in [0.1, 0.15) is 19.3 Å². The van der Waals surface area contributed by atoms with E-state index in [9.17, 15) is 0 Å². The smallest absolute Gasteiger partial charge is 1.00 e. The third-order valence-electron chi connectivity index (χ3n) is 6.32. The maximum Gasteiger partial charge on any atom is 2.00 e. The van der Waals surface area contributed by atoms with Crippen LogP contribution in [0.15, 0.2) is 133 Å². The summed E-state index contributed by atoms with van der Waals surface area (Å²) in [5.74, 6) is 4.90. The van der Waals surface area contributed by atoms with Crippen molar-refractivity contribution in [2.75, 3.05) is 0 Å². The SMILES string of the molecule is C(=C/P(c1ccccc1)c1ccccc1)/P(c1ccccc1)c1ccccc1.NC1CC(N)CC(N)C1.O.[Cl-].[Cl-].[Ru+2]. The Morgan fingerprint density at radius 3 is 0.829 bits per heavy atom. The van der Waals surface area contributed by atoms with Crippen LogP contribution in [0.5, 0.6) is 0 Å². The molecule has 0 aliphatic heterocycles. The molecule has 220 valence electrons. The molecule has 0 spiro atoms. The van der Waals surface area contributed by atoms with Crippen molar-refractivity contribution >= 4 is 37.1 Å². The Morgan fingerprint density at radius 2 is 0.634 bits per heavy atom. The average Bonchev–Trinajstić information content (AvgIpc) is 2.93. The molecule has 0 atom stereocenters. The van der Waals surface area contributed by atoms with Crippen molar-refractivity contribution in [3.63, 3.8) is 0 Å². The van der Waals surface area contributed by atoms with Crippen molar-refractivity contribution in [1.82, 2.24) is 0 Å². The van der Waals surface area contributed by atoms with E-state index in [-0.39, 0.29) is 67.9 Å². The minimum atomic E-state index is -0.528. The second-order valence-electron chi connectivity index (χ2n) is 9.37. The summed E-state index contributed by atoms with van der Waals surface area (Å²) in [4.78, 5) is 0. The molecule has 0 bridgehead atoms. The van der Waals surface area contributed by atoms with Crippen molar-refractivity contribution < 1.29 is 49.8 Å². The summed E-state index contributed by atoms with van der Waals surface area (Å²) in [6.45, 7) is 0. The standard InChI is InChI=1S/C26H22P2.C6H15N3.2ClH.H2O.Ru/c1-5-13-23(14-6-1)27(24-15-7-2-8-16-24)21-22-28(25-17-9-3-10-18-25)26-19-11-4-12-20-26;7-4-1-5(8)3-6(9)2-4;;;;/h1-22H;4-6H,1-3,7-9H2;2*1H;1H2;/q;;;;;+2/p-2/b22-21-;;;;;. The Morgan fingerprint density at radius 1 is 0.439 bits per heavy atom. The molecule has 1 aliphatic carbocycles. The third-order valence-corrected chi connectivity index (χ3v) is 10.9. The minimum absolute atomic E-state index is 0. The first-order valence-electron chi connectivity index (χ1n) is 12.8. The maximum atomic E-state index is 5.66. The maximum absolute atomic E-state index is 5.66. The van der Waals surface area contributed by atoms with Crippen LogP contribution in [0.4, 0.5) is 0 Å². The molecule has 0 radical (unpaired) electrons. The van der Waals surface area contributed by atoms with Gasteiger partial charge in [0.25, 0.3) is 0 Å². The Bertz CT molecular complexity index is 1040. The normalized spacial score (nSPS) is 17.6. The Labute approximate surface area is 273 Å². The van der Waals surface area contributed by atoms with Gasteiger partial charge in [0.15, 0.2) is 0 Å². The van der Waals surface area contributed by atoms with Gasteiger partial charge in [0, 0.05) is 18.1 Å². The first-order chi connectivity index (χ1) is 18.1. The first-order valence-corrected chi connectivity index (χ1v) is 15.7. The van der Waals surface area contributed by atoms with Crippen molar-refractivity contribution in [1.29, 1.82) is 0 Å². The van der Waals surface area contributed by atoms with Gasteiger partial charge in [-0.1, -0.05) is 133 Å². The van der Waals surface area contributed by atoms with E-state index in [2.05, 4.69) is 133 Å². The zero-order valence-corrected chi connectivity index (χ0v) is 27.8. The van der Waals surface area contributed by atoms with Crippen LogP contribution in [0.2, 0.25) is 0 Å². The van der Waals surface area contributed by atoms with E-state index in [0.717, 1.165) is 19.3 Å². The van der Waals surface area contributed by atoms with Gasteiger partial charge in [-0.25, -0.2) is 0 Å². The molecule has 41 heavy (non-hydrogen) atoms. The topological polar surface area (TPSA) is 110 Å². The molecule has 9 heteroatoms. The van der Waals surface area contributed by atoms with Crippen LogP contribution in [-0.2, 0) is 19.5 Å². The summed E-state index contributed by atoms with van der Waals surface area (Å²) in [5, 5.41) is 5.54. The largest absolute Gasteiger partial charge is 2.00 e. The van der Waals surface area contributed by atoms with E-state index in [1.807, 2.05) is 0 Å². The van der Waals surface area contributed by atoms with Crippen LogP contribution in [0.3, 0.4) is 0 Å². The fraction of sp³-hybridized carbons (Fsp3) is 0.188. The van der Waals surface area contributed by atoms with E-state index in [4.69, 9.17) is 17.2 Å². The predicted octanol–water partition coefficient (Wildman–Crippen LogP) is -1.94. The van der Waals surface area contributed by atoms with Gasteiger partial charge in [-0.05, 0) is 56.3 Å². The Hall–Kier alpha value is -1.48. The molecule has 0 unspecified atom stereocenters. The molecule has 5 rings (SSSR count). The molecule has 0 heterocycles. The zero-order chi connectivity index (χ0) is 25.9. The van der Waals surface area contributed by atoms with Gasteiger partial charge in [0.05, 0.1) is 0 Å². The van der Waals surface area contributed by atoms with E-state index in [0.29, 0.717) is 0 Å². The predicted molar refractivity (Wildman–Crippen MR) is 169 cm³/mol. The number of hydrogen-bond acceptors (Lipinski definition) is 3. The first kappa shape index (κ1) is 39.5. The van der Waals surface area contributed by atoms with Gasteiger partial charge in [-0.2, -0.15) is 0 Å². The van der Waals surface area contributed by atoms with Gasteiger partial charge in [0.1, 0.15) is 0 Å². The molecule has 4 aromatic carbocycles. The molecule has 8 N–H and O–H groups in total. The van der Waals surface area contributed by atoms with Crippen molar-refractivity contribution in [2.24, 2.45) is 17.2 Å². The van der Waals surface area contributed by atoms with Crippen molar-refractivity contribution in [2.45, 2.75) is 37.4 Å². The van der Waals surface area contributed by atoms with E-state index >= 15 is 0 Å². The van der Waals surface area contributed by atoms with Crippen molar-refractivity contribution in [3.05, 3.63) is 133 Å². The molecule has 4 aromatic rings. The summed E-state index contributed by atoms with van der Waals surface area (Å²) >= 11 is 0. The minimum Gasteiger partial charge on any atom is -1.00 e. The Balaban J connectivity index is 0.00000107. The summed E-state index contributed by atoms with van der Waals surface area (Å²) < 4.78 is 0. The average molecular weight is 716 g/mol. The quantitative estimate of drug-likeness (QED) is 0.160. The van der Waals surface area contributed by atoms with E-state index < -0.39 is 15.8 Å². The van der Waals surface area contributed by atoms with Crippen LogP contribution in [-0.4, -0.2) is 23.6 Å². The molecule has 1 saturated carbocycles. The van der Waals surface area contributed by atoms with Gasteiger partial charge < -0.3 is 47.5 Å². The number of benzene rings is 4. The number of rotatable bonds is 6. The Kier molecular flexibility index (Phi) is 20.5. The molecule has 0 saturated heterocycles. The van der Waals surface area contributed by atoms with Gasteiger partial charge in [0.2, 0.25) is 0 Å². The zero-order valence-electron chi connectivity index (χ0n) is 22.8. The van der Waals surface area contributed by atoms with E-state index in [1.165, 1.54) is 21.2 Å². The van der Waals surface area contributed by atoms with Crippen LogP contribution >= 0.6 is 15.8 Å². The number of halogens is 2. The molecule has 0 amide bonds. The molecule has 0 aromatic heterocycles. The third kappa shape index (κ3) is 12.7. The van der Waals surface area contributed by atoms with Crippen LogP contribution in [0.25, 0.3) is 0 Å². The summed E-state index contributed by atoms with van der Waals surface area (Å²) in [7, 11) is -1.06. The van der Waals surface area contributed by atoms with Crippen LogP contribution < -0.4 is 63.2 Å². The fourth-order valence-corrected chi connectivity index (χ4v) is 8.91. The number of hydrogen-bond donors (Lipinski definition) is 3. The van der Waals surface area contributed by atoms with E-state index in [1.54, 1.807) is 0 Å². The molecule has 1 fully saturated rings. The van der Waals surface area contributed by atoms with Crippen LogP contribution in [0, 0.1) is 0 Å². The summed E-state index contributed by atoms with van der Waals surface area (Å²) in [5.41, 5.74) is 17.0. The second kappa shape index (κ2) is 21.2. The van der Waals surface area contributed by atoms with Gasteiger partial charge in [-0.15, -0.1) is 0 Å².